The van der Waals surface area contributed by atoms with Crippen molar-refractivity contribution in [1.82, 2.24) is 4.90 Å². The number of ether oxygens (including phenoxy) is 1. The molecule has 1 aliphatic heterocycles. The quantitative estimate of drug-likeness (QED) is 0.804. The predicted molar refractivity (Wildman–Crippen MR) is 72.0 cm³/mol. The first-order valence-electron chi connectivity index (χ1n) is 6.55. The number of carbonyl (C=O) groups is 1. The van der Waals surface area contributed by atoms with Crippen molar-refractivity contribution in [3.63, 3.8) is 0 Å². The highest BCUT2D eigenvalue weighted by Crippen LogP contribution is 2.24. The first-order valence-corrected chi connectivity index (χ1v) is 6.55. The van der Waals surface area contributed by atoms with Gasteiger partial charge in [-0.25, -0.2) is 0 Å². The molecular weight excluding hydrogens is 226 g/mol. The van der Waals surface area contributed by atoms with Gasteiger partial charge in [0.25, 0.3) is 5.91 Å². The first-order chi connectivity index (χ1) is 8.61. The van der Waals surface area contributed by atoms with Gasteiger partial charge >= 0.3 is 0 Å². The van der Waals surface area contributed by atoms with Gasteiger partial charge in [-0.05, 0) is 37.8 Å². The van der Waals surface area contributed by atoms with Crippen molar-refractivity contribution in [3.8, 4) is 5.75 Å². The smallest absolute Gasteiger partial charge is 0.257 e. The fourth-order valence-electron chi connectivity index (χ4n) is 2.37. The topological polar surface area (TPSA) is 29.5 Å². The zero-order valence-corrected chi connectivity index (χ0v) is 11.4. The molecule has 1 amide bonds. The number of benzene rings is 1. The Morgan fingerprint density at radius 3 is 2.61 bits per heavy atom. The Balaban J connectivity index is 2.20. The van der Waals surface area contributed by atoms with Crippen molar-refractivity contribution in [1.29, 1.82) is 0 Å². The van der Waals surface area contributed by atoms with E-state index in [2.05, 4.69) is 6.92 Å². The van der Waals surface area contributed by atoms with E-state index in [9.17, 15) is 4.79 Å². The van der Waals surface area contributed by atoms with Gasteiger partial charge < -0.3 is 9.64 Å². The highest BCUT2D eigenvalue weighted by Gasteiger charge is 2.23. The Labute approximate surface area is 109 Å². The second kappa shape index (κ2) is 5.42. The number of hydrogen-bond acceptors (Lipinski definition) is 2. The third kappa shape index (κ3) is 2.66. The molecule has 1 aromatic rings. The van der Waals surface area contributed by atoms with Gasteiger partial charge in [0, 0.05) is 13.1 Å². The number of rotatable bonds is 2. The second-order valence-corrected chi connectivity index (χ2v) is 5.18. The third-order valence-electron chi connectivity index (χ3n) is 3.66. The van der Waals surface area contributed by atoms with Crippen molar-refractivity contribution in [2.75, 3.05) is 20.2 Å². The van der Waals surface area contributed by atoms with E-state index in [1.165, 1.54) is 0 Å². The lowest BCUT2D eigenvalue weighted by Gasteiger charge is -2.30. The monoisotopic (exact) mass is 247 g/mol. The summed E-state index contributed by atoms with van der Waals surface area (Å²) in [7, 11) is 1.61. The summed E-state index contributed by atoms with van der Waals surface area (Å²) in [5.74, 6) is 1.50. The summed E-state index contributed by atoms with van der Waals surface area (Å²) in [4.78, 5) is 14.4. The average Bonchev–Trinajstić information content (AvgIpc) is 2.39. The maximum absolute atomic E-state index is 12.5. The van der Waals surface area contributed by atoms with Crippen LogP contribution in [0.2, 0.25) is 0 Å². The van der Waals surface area contributed by atoms with Gasteiger partial charge in [0.15, 0.2) is 0 Å². The fourth-order valence-corrected chi connectivity index (χ4v) is 2.37. The molecule has 1 aromatic carbocycles. The fraction of sp³-hybridized carbons (Fsp3) is 0.533. The molecule has 0 spiro atoms. The van der Waals surface area contributed by atoms with Gasteiger partial charge in [-0.1, -0.05) is 18.6 Å². The molecule has 0 saturated carbocycles. The molecule has 0 radical (unpaired) electrons. The minimum Gasteiger partial charge on any atom is -0.496 e. The van der Waals surface area contributed by atoms with Crippen LogP contribution in [0.25, 0.3) is 0 Å². The predicted octanol–water partition coefficient (Wildman–Crippen LogP) is 2.88. The van der Waals surface area contributed by atoms with Crippen molar-refractivity contribution in [2.24, 2.45) is 5.92 Å². The van der Waals surface area contributed by atoms with Crippen LogP contribution >= 0.6 is 0 Å². The Kier molecular flexibility index (Phi) is 3.90. The summed E-state index contributed by atoms with van der Waals surface area (Å²) in [6, 6.07) is 5.75. The Hall–Kier alpha value is -1.51. The molecule has 0 aliphatic carbocycles. The van der Waals surface area contributed by atoms with E-state index < -0.39 is 0 Å². The highest BCUT2D eigenvalue weighted by atomic mass is 16.5. The lowest BCUT2D eigenvalue weighted by atomic mass is 9.98. The van der Waals surface area contributed by atoms with Crippen molar-refractivity contribution in [2.45, 2.75) is 26.7 Å². The third-order valence-corrected chi connectivity index (χ3v) is 3.66. The number of hydrogen-bond donors (Lipinski definition) is 0. The second-order valence-electron chi connectivity index (χ2n) is 5.18. The van der Waals surface area contributed by atoms with Crippen LogP contribution in [0.3, 0.4) is 0 Å². The van der Waals surface area contributed by atoms with Crippen LogP contribution in [0.4, 0.5) is 0 Å². The normalized spacial score (nSPS) is 16.7. The molecule has 2 rings (SSSR count). The molecule has 1 saturated heterocycles. The van der Waals surface area contributed by atoms with E-state index in [1.54, 1.807) is 7.11 Å². The molecule has 0 atom stereocenters. The van der Waals surface area contributed by atoms with Gasteiger partial charge in [0.2, 0.25) is 0 Å². The number of aryl methyl sites for hydroxylation is 1. The van der Waals surface area contributed by atoms with Crippen LogP contribution in [0.1, 0.15) is 35.7 Å². The van der Waals surface area contributed by atoms with Crippen LogP contribution in [-0.2, 0) is 0 Å². The van der Waals surface area contributed by atoms with Gasteiger partial charge in [0.05, 0.1) is 12.7 Å². The summed E-state index contributed by atoms with van der Waals surface area (Å²) in [6.45, 7) is 5.96. The Morgan fingerprint density at radius 2 is 2.00 bits per heavy atom. The summed E-state index contributed by atoms with van der Waals surface area (Å²) in [5, 5.41) is 0. The number of nitrogens with zero attached hydrogens (tertiary/aromatic N) is 1. The summed E-state index contributed by atoms with van der Waals surface area (Å²) in [5.41, 5.74) is 1.77. The van der Waals surface area contributed by atoms with Crippen LogP contribution in [0.15, 0.2) is 18.2 Å². The van der Waals surface area contributed by atoms with Crippen LogP contribution in [0, 0.1) is 12.8 Å². The van der Waals surface area contributed by atoms with E-state index in [-0.39, 0.29) is 5.91 Å². The standard InChI is InChI=1S/C15H21NO2/c1-11-6-8-16(9-7-11)15(17)13-10-12(2)4-5-14(13)18-3/h4-5,10-11H,6-9H2,1-3H3. The maximum Gasteiger partial charge on any atom is 0.257 e. The molecule has 18 heavy (non-hydrogen) atoms. The maximum atomic E-state index is 12.5. The summed E-state index contributed by atoms with van der Waals surface area (Å²) in [6.07, 6.45) is 2.19. The number of methoxy groups -OCH3 is 1. The van der Waals surface area contributed by atoms with Crippen LogP contribution < -0.4 is 4.74 Å². The van der Waals surface area contributed by atoms with Crippen molar-refractivity contribution in [3.05, 3.63) is 29.3 Å². The van der Waals surface area contributed by atoms with E-state index >= 15 is 0 Å². The van der Waals surface area contributed by atoms with E-state index in [0.29, 0.717) is 11.3 Å². The molecule has 0 bridgehead atoms. The number of piperidine rings is 1. The van der Waals surface area contributed by atoms with Crippen molar-refractivity contribution < 1.29 is 9.53 Å². The molecule has 0 unspecified atom stereocenters. The van der Waals surface area contributed by atoms with Gasteiger partial charge in [0.1, 0.15) is 5.75 Å². The minimum absolute atomic E-state index is 0.0995. The molecule has 0 aromatic heterocycles. The number of amides is 1. The molecular formula is C15H21NO2. The van der Waals surface area contributed by atoms with Crippen molar-refractivity contribution >= 4 is 5.91 Å². The zero-order valence-electron chi connectivity index (χ0n) is 11.4. The van der Waals surface area contributed by atoms with E-state index in [0.717, 1.165) is 37.4 Å². The molecule has 0 N–H and O–H groups in total. The zero-order chi connectivity index (χ0) is 13.1. The molecule has 3 nitrogen and oxygen atoms in total. The van der Waals surface area contributed by atoms with E-state index in [1.807, 2.05) is 30.0 Å². The van der Waals surface area contributed by atoms with Crippen LogP contribution in [-0.4, -0.2) is 31.0 Å². The SMILES string of the molecule is COc1ccc(C)cc1C(=O)N1CCC(C)CC1. The molecule has 3 heteroatoms. The summed E-state index contributed by atoms with van der Waals surface area (Å²) < 4.78 is 5.29. The van der Waals surface area contributed by atoms with Crippen LogP contribution in [0.5, 0.6) is 5.75 Å². The molecule has 1 heterocycles. The number of likely N-dealkylation sites (tertiary alicyclic amines) is 1. The minimum atomic E-state index is 0.0995. The molecule has 98 valence electrons. The first kappa shape index (κ1) is 12.9. The number of carbonyl (C=O) groups excluding carboxylic acids is 1. The highest BCUT2D eigenvalue weighted by molar-refractivity contribution is 5.97. The molecule has 1 fully saturated rings. The average molecular weight is 247 g/mol. The van der Waals surface area contributed by atoms with E-state index in [4.69, 9.17) is 4.74 Å². The van der Waals surface area contributed by atoms with Gasteiger partial charge in [-0.15, -0.1) is 0 Å². The lowest BCUT2D eigenvalue weighted by Crippen LogP contribution is -2.38. The Morgan fingerprint density at radius 1 is 1.33 bits per heavy atom. The summed E-state index contributed by atoms with van der Waals surface area (Å²) >= 11 is 0. The lowest BCUT2D eigenvalue weighted by molar-refractivity contribution is 0.0694. The molecule has 1 aliphatic rings. The van der Waals surface area contributed by atoms with Gasteiger partial charge in [-0.3, -0.25) is 4.79 Å². The Bertz CT molecular complexity index is 434. The van der Waals surface area contributed by atoms with Gasteiger partial charge in [-0.2, -0.15) is 0 Å². The largest absolute Gasteiger partial charge is 0.496 e.